The maximum atomic E-state index is 13.4. The lowest BCUT2D eigenvalue weighted by atomic mass is 10.1. The van der Waals surface area contributed by atoms with Crippen LogP contribution < -0.4 is 9.64 Å². The number of halogens is 1. The topological polar surface area (TPSA) is 41.9 Å². The standard InChI is InChI=1S/C25H21ClN2O2S/c1-16-4-9-20(10-5-16)27-25-28(21-11-6-17(2)7-12-21)24(29)23(31-25)15-18-14-19(26)8-13-22(18)30-3/h4-15H,1-3H3/b23-15-,27-25?. The summed E-state index contributed by atoms with van der Waals surface area (Å²) in [5.74, 6) is 0.512. The molecule has 1 heterocycles. The number of aryl methyl sites for hydroxylation is 2. The van der Waals surface area contributed by atoms with Gasteiger partial charge in [0.1, 0.15) is 5.75 Å². The lowest BCUT2D eigenvalue weighted by molar-refractivity contribution is -0.113. The van der Waals surface area contributed by atoms with Crippen molar-refractivity contribution >= 4 is 51.9 Å². The largest absolute Gasteiger partial charge is 0.496 e. The summed E-state index contributed by atoms with van der Waals surface area (Å²) in [6.07, 6.45) is 1.80. The third-order valence-electron chi connectivity index (χ3n) is 4.84. The summed E-state index contributed by atoms with van der Waals surface area (Å²) in [7, 11) is 1.59. The second-order valence-corrected chi connectivity index (χ2v) is 8.65. The van der Waals surface area contributed by atoms with E-state index >= 15 is 0 Å². The molecule has 1 aliphatic rings. The predicted octanol–water partition coefficient (Wildman–Crippen LogP) is 6.77. The molecule has 6 heteroatoms. The predicted molar refractivity (Wildman–Crippen MR) is 131 cm³/mol. The van der Waals surface area contributed by atoms with Crippen LogP contribution in [0.2, 0.25) is 5.02 Å². The van der Waals surface area contributed by atoms with Crippen molar-refractivity contribution in [2.24, 2.45) is 4.99 Å². The number of aliphatic imine (C=N–C) groups is 1. The summed E-state index contributed by atoms with van der Waals surface area (Å²) in [6.45, 7) is 4.05. The minimum atomic E-state index is -0.137. The van der Waals surface area contributed by atoms with Crippen LogP contribution >= 0.6 is 23.4 Å². The molecule has 4 nitrogen and oxygen atoms in total. The molecule has 1 saturated heterocycles. The average Bonchev–Trinajstić information content (AvgIpc) is 3.05. The molecule has 0 spiro atoms. The van der Waals surface area contributed by atoms with Gasteiger partial charge in [0.05, 0.1) is 23.4 Å². The molecule has 0 saturated carbocycles. The minimum Gasteiger partial charge on any atom is -0.496 e. The first-order chi connectivity index (χ1) is 14.9. The molecular weight excluding hydrogens is 428 g/mol. The molecule has 1 fully saturated rings. The number of methoxy groups -OCH3 is 1. The van der Waals surface area contributed by atoms with Crippen LogP contribution in [0.15, 0.2) is 76.6 Å². The first kappa shape index (κ1) is 21.2. The van der Waals surface area contributed by atoms with E-state index in [0.717, 1.165) is 28.1 Å². The minimum absolute atomic E-state index is 0.137. The Morgan fingerprint density at radius 2 is 1.61 bits per heavy atom. The quantitative estimate of drug-likeness (QED) is 0.413. The van der Waals surface area contributed by atoms with E-state index < -0.39 is 0 Å². The summed E-state index contributed by atoms with van der Waals surface area (Å²) in [4.78, 5) is 20.4. The van der Waals surface area contributed by atoms with Crippen molar-refractivity contribution in [2.45, 2.75) is 13.8 Å². The van der Waals surface area contributed by atoms with Gasteiger partial charge in [0, 0.05) is 10.6 Å². The molecule has 0 bridgehead atoms. The molecule has 31 heavy (non-hydrogen) atoms. The van der Waals surface area contributed by atoms with E-state index in [1.807, 2.05) is 62.4 Å². The normalized spacial score (nSPS) is 16.4. The molecule has 156 valence electrons. The van der Waals surface area contributed by atoms with Crippen LogP contribution in [-0.2, 0) is 4.79 Å². The molecule has 3 aromatic carbocycles. The van der Waals surface area contributed by atoms with Gasteiger partial charge in [0.2, 0.25) is 0 Å². The van der Waals surface area contributed by atoms with Gasteiger partial charge in [-0.2, -0.15) is 0 Å². The fourth-order valence-corrected chi connectivity index (χ4v) is 4.33. The van der Waals surface area contributed by atoms with Crippen molar-refractivity contribution in [3.63, 3.8) is 0 Å². The highest BCUT2D eigenvalue weighted by Gasteiger charge is 2.35. The molecule has 1 amide bonds. The average molecular weight is 449 g/mol. The summed E-state index contributed by atoms with van der Waals surface area (Å²) < 4.78 is 5.44. The van der Waals surface area contributed by atoms with Crippen LogP contribution in [0.4, 0.5) is 11.4 Å². The second kappa shape index (κ2) is 9.00. The molecule has 0 aliphatic carbocycles. The van der Waals surface area contributed by atoms with E-state index in [2.05, 4.69) is 0 Å². The van der Waals surface area contributed by atoms with Crippen LogP contribution in [-0.4, -0.2) is 18.2 Å². The lowest BCUT2D eigenvalue weighted by Crippen LogP contribution is -2.28. The van der Waals surface area contributed by atoms with Gasteiger partial charge in [0.15, 0.2) is 5.17 Å². The van der Waals surface area contributed by atoms with Crippen molar-refractivity contribution < 1.29 is 9.53 Å². The van der Waals surface area contributed by atoms with E-state index in [-0.39, 0.29) is 5.91 Å². The van der Waals surface area contributed by atoms with Crippen LogP contribution in [0.1, 0.15) is 16.7 Å². The molecule has 0 radical (unpaired) electrons. The van der Waals surface area contributed by atoms with E-state index in [1.54, 1.807) is 36.3 Å². The molecule has 0 unspecified atom stereocenters. The Kier molecular flexibility index (Phi) is 6.16. The number of carbonyl (C=O) groups excluding carboxylic acids is 1. The zero-order chi connectivity index (χ0) is 22.0. The van der Waals surface area contributed by atoms with Crippen LogP contribution in [0.5, 0.6) is 5.75 Å². The van der Waals surface area contributed by atoms with Crippen molar-refractivity contribution in [1.29, 1.82) is 0 Å². The van der Waals surface area contributed by atoms with Gasteiger partial charge >= 0.3 is 0 Å². The summed E-state index contributed by atoms with van der Waals surface area (Å²) >= 11 is 7.51. The molecule has 0 aromatic heterocycles. The number of carbonyl (C=O) groups is 1. The molecule has 3 aromatic rings. The van der Waals surface area contributed by atoms with Crippen LogP contribution in [0.25, 0.3) is 6.08 Å². The number of hydrogen-bond donors (Lipinski definition) is 0. The molecular formula is C25H21ClN2O2S. The number of nitrogens with zero attached hydrogens (tertiary/aromatic N) is 2. The number of rotatable bonds is 4. The van der Waals surface area contributed by atoms with Gasteiger partial charge in [-0.3, -0.25) is 9.69 Å². The van der Waals surface area contributed by atoms with Crippen molar-refractivity contribution in [1.82, 2.24) is 0 Å². The molecule has 1 aliphatic heterocycles. The maximum absolute atomic E-state index is 13.4. The highest BCUT2D eigenvalue weighted by atomic mass is 35.5. The fraction of sp³-hybridized carbons (Fsp3) is 0.120. The van der Waals surface area contributed by atoms with E-state index in [1.165, 1.54) is 11.8 Å². The zero-order valence-electron chi connectivity index (χ0n) is 17.4. The Labute approximate surface area is 191 Å². The Balaban J connectivity index is 1.79. The van der Waals surface area contributed by atoms with E-state index in [0.29, 0.717) is 20.8 Å². The third-order valence-corrected chi connectivity index (χ3v) is 6.04. The number of amidine groups is 1. The molecule has 0 atom stereocenters. The summed E-state index contributed by atoms with van der Waals surface area (Å²) in [5.41, 5.74) is 4.59. The van der Waals surface area contributed by atoms with Gasteiger partial charge in [-0.1, -0.05) is 47.0 Å². The van der Waals surface area contributed by atoms with E-state index in [9.17, 15) is 4.79 Å². The SMILES string of the molecule is COc1ccc(Cl)cc1/C=C1\SC(=Nc2ccc(C)cc2)N(c2ccc(C)cc2)C1=O. The Hall–Kier alpha value is -3.02. The number of benzene rings is 3. The van der Waals surface area contributed by atoms with Gasteiger partial charge in [-0.25, -0.2) is 4.99 Å². The van der Waals surface area contributed by atoms with Crippen molar-refractivity contribution in [3.8, 4) is 5.75 Å². The Morgan fingerprint density at radius 1 is 0.968 bits per heavy atom. The first-order valence-electron chi connectivity index (χ1n) is 9.74. The van der Waals surface area contributed by atoms with Gasteiger partial charge in [-0.05, 0) is 74.1 Å². The van der Waals surface area contributed by atoms with Crippen LogP contribution in [0.3, 0.4) is 0 Å². The highest BCUT2D eigenvalue weighted by Crippen LogP contribution is 2.38. The zero-order valence-corrected chi connectivity index (χ0v) is 19.0. The maximum Gasteiger partial charge on any atom is 0.271 e. The first-order valence-corrected chi connectivity index (χ1v) is 10.9. The number of thioether (sulfide) groups is 1. The Bertz CT molecular complexity index is 1190. The monoisotopic (exact) mass is 448 g/mol. The number of amides is 1. The van der Waals surface area contributed by atoms with E-state index in [4.69, 9.17) is 21.3 Å². The molecule has 0 N–H and O–H groups in total. The highest BCUT2D eigenvalue weighted by molar-refractivity contribution is 8.19. The van der Waals surface area contributed by atoms with Crippen molar-refractivity contribution in [3.05, 3.63) is 93.3 Å². The molecule has 4 rings (SSSR count). The van der Waals surface area contributed by atoms with Crippen LogP contribution in [0, 0.1) is 13.8 Å². The smallest absolute Gasteiger partial charge is 0.271 e. The van der Waals surface area contributed by atoms with Gasteiger partial charge in [0.25, 0.3) is 5.91 Å². The van der Waals surface area contributed by atoms with Crippen molar-refractivity contribution in [2.75, 3.05) is 12.0 Å². The Morgan fingerprint density at radius 3 is 2.26 bits per heavy atom. The third kappa shape index (κ3) is 4.68. The fourth-order valence-electron chi connectivity index (χ4n) is 3.16. The van der Waals surface area contributed by atoms with Gasteiger partial charge in [-0.15, -0.1) is 0 Å². The number of anilines is 1. The lowest BCUT2D eigenvalue weighted by Gasteiger charge is -2.16. The summed E-state index contributed by atoms with van der Waals surface area (Å²) in [5, 5.41) is 1.18. The van der Waals surface area contributed by atoms with Gasteiger partial charge < -0.3 is 4.74 Å². The number of ether oxygens (including phenoxy) is 1. The summed E-state index contributed by atoms with van der Waals surface area (Å²) in [6, 6.07) is 21.1. The second-order valence-electron chi connectivity index (χ2n) is 7.20. The number of hydrogen-bond acceptors (Lipinski definition) is 4.